The average Bonchev–Trinajstić information content (AvgIpc) is 2.34. The topological polar surface area (TPSA) is 75.4 Å². The lowest BCUT2D eigenvalue weighted by Gasteiger charge is -2.26. The summed E-state index contributed by atoms with van der Waals surface area (Å²) >= 11 is 3.05. The van der Waals surface area contributed by atoms with Crippen LogP contribution in [0.1, 0.15) is 19.3 Å². The summed E-state index contributed by atoms with van der Waals surface area (Å²) < 4.78 is 37.8. The standard InChI is InChI=1S/C11H15BrFN3O2S/c12-8-6-9(13)10(14)7-11(8)19(17,18)15-16-4-2-1-3-5-16/h6-7,15H,1-5,14H2. The van der Waals surface area contributed by atoms with Crippen molar-refractivity contribution < 1.29 is 12.8 Å². The lowest BCUT2D eigenvalue weighted by Crippen LogP contribution is -2.45. The summed E-state index contributed by atoms with van der Waals surface area (Å²) in [6, 6.07) is 2.17. The van der Waals surface area contributed by atoms with Crippen molar-refractivity contribution in [3.63, 3.8) is 0 Å². The van der Waals surface area contributed by atoms with E-state index in [1.807, 2.05) is 0 Å². The predicted molar refractivity (Wildman–Crippen MR) is 74.3 cm³/mol. The zero-order chi connectivity index (χ0) is 14.0. The van der Waals surface area contributed by atoms with Crippen LogP contribution in [0.4, 0.5) is 10.1 Å². The minimum atomic E-state index is -3.75. The molecule has 3 N–H and O–H groups in total. The molecule has 1 fully saturated rings. The summed E-state index contributed by atoms with van der Waals surface area (Å²) in [7, 11) is -3.75. The Hall–Kier alpha value is -0.700. The largest absolute Gasteiger partial charge is 0.396 e. The number of sulfonamides is 1. The van der Waals surface area contributed by atoms with Gasteiger partial charge in [0.2, 0.25) is 0 Å². The van der Waals surface area contributed by atoms with Crippen molar-refractivity contribution in [2.45, 2.75) is 24.2 Å². The van der Waals surface area contributed by atoms with E-state index in [0.29, 0.717) is 13.1 Å². The van der Waals surface area contributed by atoms with E-state index in [1.165, 1.54) is 0 Å². The molecule has 0 atom stereocenters. The lowest BCUT2D eigenvalue weighted by molar-refractivity contribution is 0.200. The highest BCUT2D eigenvalue weighted by Crippen LogP contribution is 2.27. The van der Waals surface area contributed by atoms with Crippen LogP contribution in [-0.2, 0) is 10.0 Å². The molecule has 1 saturated heterocycles. The van der Waals surface area contributed by atoms with Crippen LogP contribution in [0.15, 0.2) is 21.5 Å². The van der Waals surface area contributed by atoms with Crippen LogP contribution in [0.25, 0.3) is 0 Å². The van der Waals surface area contributed by atoms with E-state index in [0.717, 1.165) is 31.4 Å². The van der Waals surface area contributed by atoms with Crippen LogP contribution >= 0.6 is 15.9 Å². The molecule has 0 saturated carbocycles. The minimum absolute atomic E-state index is 0.0584. The molecule has 0 unspecified atom stereocenters. The van der Waals surface area contributed by atoms with Gasteiger partial charge in [-0.05, 0) is 40.9 Å². The number of rotatable bonds is 3. The smallest absolute Gasteiger partial charge is 0.254 e. The van der Waals surface area contributed by atoms with Gasteiger partial charge >= 0.3 is 0 Å². The molecular formula is C11H15BrFN3O2S. The van der Waals surface area contributed by atoms with Crippen LogP contribution in [0, 0.1) is 5.82 Å². The fourth-order valence-electron chi connectivity index (χ4n) is 1.96. The molecule has 19 heavy (non-hydrogen) atoms. The van der Waals surface area contributed by atoms with Crippen molar-refractivity contribution in [3.05, 3.63) is 22.4 Å². The number of nitrogens with one attached hydrogen (secondary N) is 1. The van der Waals surface area contributed by atoms with Crippen molar-refractivity contribution in [2.24, 2.45) is 0 Å². The quantitative estimate of drug-likeness (QED) is 0.815. The first-order chi connectivity index (χ1) is 8.90. The number of piperidine rings is 1. The first kappa shape index (κ1) is 14.7. The van der Waals surface area contributed by atoms with E-state index in [2.05, 4.69) is 20.8 Å². The number of hydrogen-bond donors (Lipinski definition) is 2. The normalized spacial score (nSPS) is 17.6. The third kappa shape index (κ3) is 3.44. The maximum Gasteiger partial charge on any atom is 0.254 e. The summed E-state index contributed by atoms with van der Waals surface area (Å²) in [6.45, 7) is 1.35. The van der Waals surface area contributed by atoms with Crippen molar-refractivity contribution >= 4 is 31.6 Å². The number of hydrazine groups is 1. The van der Waals surface area contributed by atoms with Gasteiger partial charge in [-0.1, -0.05) is 6.42 Å². The van der Waals surface area contributed by atoms with Gasteiger partial charge in [-0.2, -0.15) is 0 Å². The number of nitrogen functional groups attached to an aromatic ring is 1. The average molecular weight is 352 g/mol. The zero-order valence-electron chi connectivity index (χ0n) is 10.2. The van der Waals surface area contributed by atoms with Crippen LogP contribution in [0.2, 0.25) is 0 Å². The van der Waals surface area contributed by atoms with E-state index < -0.39 is 15.8 Å². The van der Waals surface area contributed by atoms with Crippen molar-refractivity contribution in [3.8, 4) is 0 Å². The van der Waals surface area contributed by atoms with Crippen molar-refractivity contribution in [2.75, 3.05) is 18.8 Å². The molecule has 2 rings (SSSR count). The van der Waals surface area contributed by atoms with E-state index in [4.69, 9.17) is 5.73 Å². The van der Waals surface area contributed by atoms with Crippen molar-refractivity contribution in [1.29, 1.82) is 0 Å². The van der Waals surface area contributed by atoms with Gasteiger partial charge < -0.3 is 5.73 Å². The van der Waals surface area contributed by atoms with E-state index in [-0.39, 0.29) is 15.1 Å². The van der Waals surface area contributed by atoms with Gasteiger partial charge in [0.1, 0.15) is 5.82 Å². The molecule has 8 heteroatoms. The maximum absolute atomic E-state index is 13.2. The Morgan fingerprint density at radius 3 is 2.53 bits per heavy atom. The third-order valence-corrected chi connectivity index (χ3v) is 5.28. The Kier molecular flexibility index (Phi) is 4.44. The molecule has 0 bridgehead atoms. The Morgan fingerprint density at radius 1 is 1.26 bits per heavy atom. The number of anilines is 1. The molecule has 1 aromatic carbocycles. The highest BCUT2D eigenvalue weighted by Gasteiger charge is 2.23. The monoisotopic (exact) mass is 351 g/mol. The van der Waals surface area contributed by atoms with Crippen molar-refractivity contribution in [1.82, 2.24) is 9.84 Å². The fourth-order valence-corrected chi connectivity index (χ4v) is 4.13. The maximum atomic E-state index is 13.2. The van der Waals surface area contributed by atoms with Crippen LogP contribution < -0.4 is 10.6 Å². The number of hydrogen-bond acceptors (Lipinski definition) is 4. The molecule has 0 aliphatic carbocycles. The molecule has 0 amide bonds. The number of benzene rings is 1. The minimum Gasteiger partial charge on any atom is -0.396 e. The number of nitrogens with two attached hydrogens (primary N) is 1. The summed E-state index contributed by atoms with van der Waals surface area (Å²) in [4.78, 5) is 2.44. The molecule has 0 aromatic heterocycles. The second-order valence-corrected chi connectivity index (χ2v) is 6.93. The van der Waals surface area contributed by atoms with Gasteiger partial charge in [0.05, 0.1) is 10.6 Å². The highest BCUT2D eigenvalue weighted by atomic mass is 79.9. The first-order valence-corrected chi connectivity index (χ1v) is 8.20. The third-order valence-electron chi connectivity index (χ3n) is 2.95. The van der Waals surface area contributed by atoms with Gasteiger partial charge in [-0.15, -0.1) is 4.83 Å². The first-order valence-electron chi connectivity index (χ1n) is 5.92. The van der Waals surface area contributed by atoms with Gasteiger partial charge in [-0.25, -0.2) is 17.8 Å². The molecule has 1 aliphatic rings. The van der Waals surface area contributed by atoms with E-state index >= 15 is 0 Å². The summed E-state index contributed by atoms with van der Waals surface area (Å²) in [5.74, 6) is -0.649. The van der Waals surface area contributed by atoms with Crippen LogP contribution in [0.3, 0.4) is 0 Å². The predicted octanol–water partition coefficient (Wildman–Crippen LogP) is 1.85. The summed E-state index contributed by atoms with van der Waals surface area (Å²) in [6.07, 6.45) is 3.01. The van der Waals surface area contributed by atoms with E-state index in [1.54, 1.807) is 5.01 Å². The molecule has 1 heterocycles. The molecule has 5 nitrogen and oxygen atoms in total. The van der Waals surface area contributed by atoms with Crippen LogP contribution in [-0.4, -0.2) is 26.5 Å². The SMILES string of the molecule is Nc1cc(S(=O)(=O)NN2CCCCC2)c(Br)cc1F. The van der Waals surface area contributed by atoms with Gasteiger partial charge in [0.15, 0.2) is 0 Å². The Balaban J connectivity index is 2.26. The Morgan fingerprint density at radius 2 is 1.89 bits per heavy atom. The second-order valence-electron chi connectivity index (χ2n) is 4.45. The van der Waals surface area contributed by atoms with Crippen LogP contribution in [0.5, 0.6) is 0 Å². The summed E-state index contributed by atoms with van der Waals surface area (Å²) in [5.41, 5.74) is 5.23. The number of halogens is 2. The lowest BCUT2D eigenvalue weighted by atomic mass is 10.2. The molecular weight excluding hydrogens is 337 g/mol. The summed E-state index contributed by atoms with van der Waals surface area (Å²) in [5, 5.41) is 1.66. The van der Waals surface area contributed by atoms with Gasteiger partial charge in [0.25, 0.3) is 10.0 Å². The highest BCUT2D eigenvalue weighted by molar-refractivity contribution is 9.10. The molecule has 106 valence electrons. The zero-order valence-corrected chi connectivity index (χ0v) is 12.6. The molecule has 1 aromatic rings. The molecule has 0 radical (unpaired) electrons. The van der Waals surface area contributed by atoms with E-state index in [9.17, 15) is 12.8 Å². The second kappa shape index (κ2) is 5.74. The van der Waals surface area contributed by atoms with Gasteiger partial charge in [-0.3, -0.25) is 0 Å². The molecule has 0 spiro atoms. The van der Waals surface area contributed by atoms with Gasteiger partial charge in [0, 0.05) is 17.6 Å². The fraction of sp³-hybridized carbons (Fsp3) is 0.455. The Labute approximate surface area is 120 Å². The Bertz CT molecular complexity index is 574. The molecule has 1 aliphatic heterocycles. The number of nitrogens with zero attached hydrogens (tertiary/aromatic N) is 1.